The molecule has 0 aliphatic carbocycles. The second kappa shape index (κ2) is 4.80. The van der Waals surface area contributed by atoms with E-state index in [1.807, 2.05) is 12.1 Å². The maximum absolute atomic E-state index is 5.92. The van der Waals surface area contributed by atoms with Gasteiger partial charge in [-0.15, -0.1) is 0 Å². The highest BCUT2D eigenvalue weighted by Crippen LogP contribution is 2.25. The van der Waals surface area contributed by atoms with Gasteiger partial charge in [0.25, 0.3) is 0 Å². The van der Waals surface area contributed by atoms with Crippen LogP contribution in [0.3, 0.4) is 0 Å². The lowest BCUT2D eigenvalue weighted by Crippen LogP contribution is -2.40. The maximum Gasteiger partial charge on any atom is 0.213 e. The van der Waals surface area contributed by atoms with Crippen molar-refractivity contribution in [2.45, 2.75) is 19.1 Å². The zero-order valence-corrected chi connectivity index (χ0v) is 10.0. The van der Waals surface area contributed by atoms with E-state index in [0.29, 0.717) is 5.88 Å². The van der Waals surface area contributed by atoms with E-state index in [0.717, 1.165) is 18.7 Å². The molecule has 2 atom stereocenters. The Morgan fingerprint density at radius 2 is 2.31 bits per heavy atom. The normalized spacial score (nSPS) is 26.7. The summed E-state index contributed by atoms with van der Waals surface area (Å²) in [6.07, 6.45) is 2.14. The van der Waals surface area contributed by atoms with Gasteiger partial charge in [-0.25, -0.2) is 4.98 Å². The molecule has 1 fully saturated rings. The SMILES string of the molecule is COc1cc([C@@H]2CN(C)C[C@H](C)O2)ccn1. The fourth-order valence-corrected chi connectivity index (χ4v) is 2.08. The Hall–Kier alpha value is -1.13. The summed E-state index contributed by atoms with van der Waals surface area (Å²) in [5.74, 6) is 0.641. The van der Waals surface area contributed by atoms with Gasteiger partial charge in [-0.1, -0.05) is 0 Å². The minimum Gasteiger partial charge on any atom is -0.481 e. The van der Waals surface area contributed by atoms with Crippen molar-refractivity contribution in [3.05, 3.63) is 23.9 Å². The van der Waals surface area contributed by atoms with E-state index in [9.17, 15) is 0 Å². The molecule has 0 aromatic carbocycles. The summed E-state index contributed by atoms with van der Waals surface area (Å²) in [6, 6.07) is 3.93. The molecule has 1 saturated heterocycles. The third kappa shape index (κ3) is 2.51. The Kier molecular flexibility index (Phi) is 3.41. The molecule has 88 valence electrons. The number of morpholine rings is 1. The monoisotopic (exact) mass is 222 g/mol. The molecule has 0 radical (unpaired) electrons. The van der Waals surface area contributed by atoms with E-state index in [1.165, 1.54) is 0 Å². The first-order valence-corrected chi connectivity index (χ1v) is 5.53. The van der Waals surface area contributed by atoms with Crippen molar-refractivity contribution in [3.8, 4) is 5.88 Å². The number of hydrogen-bond donors (Lipinski definition) is 0. The zero-order chi connectivity index (χ0) is 11.5. The number of rotatable bonds is 2. The molecule has 2 heterocycles. The van der Waals surface area contributed by atoms with Crippen molar-refractivity contribution in [1.82, 2.24) is 9.88 Å². The first-order chi connectivity index (χ1) is 7.69. The van der Waals surface area contributed by atoms with Gasteiger partial charge in [-0.2, -0.15) is 0 Å². The van der Waals surface area contributed by atoms with E-state index >= 15 is 0 Å². The van der Waals surface area contributed by atoms with Crippen LogP contribution >= 0.6 is 0 Å². The molecule has 0 bridgehead atoms. The minimum absolute atomic E-state index is 0.116. The number of nitrogens with zero attached hydrogens (tertiary/aromatic N) is 2. The van der Waals surface area contributed by atoms with E-state index < -0.39 is 0 Å². The predicted molar refractivity (Wildman–Crippen MR) is 61.6 cm³/mol. The summed E-state index contributed by atoms with van der Waals surface area (Å²) >= 11 is 0. The van der Waals surface area contributed by atoms with Crippen LogP contribution in [0, 0.1) is 0 Å². The lowest BCUT2D eigenvalue weighted by Gasteiger charge is -2.34. The molecule has 4 nitrogen and oxygen atoms in total. The molecule has 16 heavy (non-hydrogen) atoms. The second-order valence-corrected chi connectivity index (χ2v) is 4.29. The highest BCUT2D eigenvalue weighted by Gasteiger charge is 2.24. The third-order valence-corrected chi connectivity index (χ3v) is 2.78. The van der Waals surface area contributed by atoms with Crippen molar-refractivity contribution in [3.63, 3.8) is 0 Å². The van der Waals surface area contributed by atoms with Crippen LogP contribution in [0.15, 0.2) is 18.3 Å². The van der Waals surface area contributed by atoms with Crippen LogP contribution in [0.1, 0.15) is 18.6 Å². The highest BCUT2D eigenvalue weighted by molar-refractivity contribution is 5.23. The van der Waals surface area contributed by atoms with Crippen LogP contribution in [0.2, 0.25) is 0 Å². The molecule has 1 aliphatic heterocycles. The number of ether oxygens (including phenoxy) is 2. The molecular formula is C12H18N2O2. The average Bonchev–Trinajstić information content (AvgIpc) is 2.28. The van der Waals surface area contributed by atoms with Crippen molar-refractivity contribution in [2.75, 3.05) is 27.2 Å². The Bertz CT molecular complexity index is 347. The van der Waals surface area contributed by atoms with E-state index in [2.05, 4.69) is 23.9 Å². The van der Waals surface area contributed by atoms with Crippen LogP contribution < -0.4 is 4.74 Å². The van der Waals surface area contributed by atoms with Gasteiger partial charge >= 0.3 is 0 Å². The number of likely N-dealkylation sites (N-methyl/N-ethyl adjacent to an activating group) is 1. The molecular weight excluding hydrogens is 204 g/mol. The lowest BCUT2D eigenvalue weighted by atomic mass is 10.1. The summed E-state index contributed by atoms with van der Waals surface area (Å²) in [6.45, 7) is 4.00. The number of methoxy groups -OCH3 is 1. The first-order valence-electron chi connectivity index (χ1n) is 5.53. The molecule has 1 aromatic heterocycles. The molecule has 2 rings (SSSR count). The molecule has 1 aliphatic rings. The number of hydrogen-bond acceptors (Lipinski definition) is 4. The van der Waals surface area contributed by atoms with Crippen LogP contribution in [0.25, 0.3) is 0 Å². The molecule has 1 aromatic rings. The average molecular weight is 222 g/mol. The van der Waals surface area contributed by atoms with Gasteiger partial charge in [-0.3, -0.25) is 0 Å². The zero-order valence-electron chi connectivity index (χ0n) is 10.0. The van der Waals surface area contributed by atoms with E-state index in [1.54, 1.807) is 13.3 Å². The van der Waals surface area contributed by atoms with Gasteiger partial charge in [-0.05, 0) is 25.6 Å². The molecule has 0 saturated carbocycles. The second-order valence-electron chi connectivity index (χ2n) is 4.29. The molecule has 0 unspecified atom stereocenters. The van der Waals surface area contributed by atoms with Crippen molar-refractivity contribution in [2.24, 2.45) is 0 Å². The van der Waals surface area contributed by atoms with Gasteiger partial charge in [0.15, 0.2) is 0 Å². The van der Waals surface area contributed by atoms with Crippen LogP contribution in [-0.4, -0.2) is 43.2 Å². The molecule has 0 spiro atoms. The van der Waals surface area contributed by atoms with Crippen LogP contribution in [0.5, 0.6) is 5.88 Å². The smallest absolute Gasteiger partial charge is 0.213 e. The van der Waals surface area contributed by atoms with Crippen LogP contribution in [-0.2, 0) is 4.74 Å². The number of aromatic nitrogens is 1. The Morgan fingerprint density at radius 3 is 3.00 bits per heavy atom. The molecule has 4 heteroatoms. The van der Waals surface area contributed by atoms with Gasteiger partial charge in [0.2, 0.25) is 5.88 Å². The minimum atomic E-state index is 0.116. The van der Waals surface area contributed by atoms with E-state index in [4.69, 9.17) is 9.47 Å². The highest BCUT2D eigenvalue weighted by atomic mass is 16.5. The summed E-state index contributed by atoms with van der Waals surface area (Å²) in [5, 5.41) is 0. The Morgan fingerprint density at radius 1 is 1.50 bits per heavy atom. The summed E-state index contributed by atoms with van der Waals surface area (Å²) in [7, 11) is 3.74. The van der Waals surface area contributed by atoms with Gasteiger partial charge in [0, 0.05) is 25.4 Å². The predicted octanol–water partition coefficient (Wildman–Crippen LogP) is 1.48. The Balaban J connectivity index is 2.16. The van der Waals surface area contributed by atoms with Gasteiger partial charge in [0.05, 0.1) is 19.3 Å². The standard InChI is InChI=1S/C12H18N2O2/c1-9-7-14(2)8-11(16-9)10-4-5-13-12(6-10)15-3/h4-6,9,11H,7-8H2,1-3H3/t9-,11-/m0/s1. The topological polar surface area (TPSA) is 34.6 Å². The summed E-state index contributed by atoms with van der Waals surface area (Å²) in [4.78, 5) is 6.38. The first kappa shape index (κ1) is 11.4. The largest absolute Gasteiger partial charge is 0.481 e. The maximum atomic E-state index is 5.92. The van der Waals surface area contributed by atoms with Gasteiger partial charge < -0.3 is 14.4 Å². The fraction of sp³-hybridized carbons (Fsp3) is 0.583. The molecule has 0 amide bonds. The van der Waals surface area contributed by atoms with E-state index in [-0.39, 0.29) is 12.2 Å². The quantitative estimate of drug-likeness (QED) is 0.759. The molecule has 0 N–H and O–H groups in total. The lowest BCUT2D eigenvalue weighted by molar-refractivity contribution is -0.0716. The van der Waals surface area contributed by atoms with Crippen molar-refractivity contribution >= 4 is 0 Å². The summed E-state index contributed by atoms with van der Waals surface area (Å²) < 4.78 is 11.0. The van der Waals surface area contributed by atoms with Crippen molar-refractivity contribution < 1.29 is 9.47 Å². The van der Waals surface area contributed by atoms with Crippen LogP contribution in [0.4, 0.5) is 0 Å². The summed E-state index contributed by atoms with van der Waals surface area (Å²) in [5.41, 5.74) is 1.13. The number of pyridine rings is 1. The van der Waals surface area contributed by atoms with Crippen molar-refractivity contribution in [1.29, 1.82) is 0 Å². The Labute approximate surface area is 96.2 Å². The van der Waals surface area contributed by atoms with Gasteiger partial charge in [0.1, 0.15) is 0 Å². The fourth-order valence-electron chi connectivity index (χ4n) is 2.08. The third-order valence-electron chi connectivity index (χ3n) is 2.78.